The number of aliphatic carboxylic acids is 1. The number of carbonyl (C=O) groups is 2. The van der Waals surface area contributed by atoms with Crippen molar-refractivity contribution in [1.29, 1.82) is 0 Å². The number of H-pyrrole nitrogens is 1. The molecule has 1 amide bonds. The molecule has 3 N–H and O–H groups in total. The van der Waals surface area contributed by atoms with Gasteiger partial charge in [-0.3, -0.25) is 0 Å². The first-order valence-electron chi connectivity index (χ1n) is 18.8. The van der Waals surface area contributed by atoms with Crippen LogP contribution in [-0.2, 0) is 16.0 Å². The molecule has 280 valence electrons. The van der Waals surface area contributed by atoms with E-state index in [4.69, 9.17) is 4.74 Å². The average molecular weight is 749 g/mol. The van der Waals surface area contributed by atoms with Crippen LogP contribution in [0.1, 0.15) is 59.0 Å². The van der Waals surface area contributed by atoms with Crippen molar-refractivity contribution in [2.24, 2.45) is 0 Å². The SMILES string of the molecule is CC1=CC(C)=[N+]2C1=C(c1cccc(-c3[nH]c4ccccc4c3C[C@H](NC(=O)OCC3c4ccccc4-c4ccccc43)C(=O)O)c1)c1c(C)cc(C)n1[B-]2(F)F. The fraction of sp³-hybridized carbons (Fsp3) is 0.178. The molecule has 0 saturated carbocycles. The van der Waals surface area contributed by atoms with E-state index < -0.39 is 25.1 Å². The molecule has 2 aliphatic heterocycles. The van der Waals surface area contributed by atoms with Crippen molar-refractivity contribution >= 4 is 41.2 Å². The van der Waals surface area contributed by atoms with Crippen LogP contribution in [0.2, 0.25) is 0 Å². The van der Waals surface area contributed by atoms with E-state index in [9.17, 15) is 14.7 Å². The summed E-state index contributed by atoms with van der Waals surface area (Å²) in [5.74, 6) is -1.38. The van der Waals surface area contributed by atoms with Gasteiger partial charge in [0.05, 0.1) is 5.57 Å². The van der Waals surface area contributed by atoms with Crippen LogP contribution >= 0.6 is 0 Å². The Morgan fingerprint density at radius 3 is 2.27 bits per heavy atom. The number of carbonyl (C=O) groups excluding carboxylic acids is 1. The molecule has 0 spiro atoms. The number of hydrogen-bond acceptors (Lipinski definition) is 3. The second-order valence-electron chi connectivity index (χ2n) is 15.0. The third kappa shape index (κ3) is 5.44. The van der Waals surface area contributed by atoms with E-state index >= 15 is 8.63 Å². The molecular formula is C45H39BF2N4O4. The predicted octanol–water partition coefficient (Wildman–Crippen LogP) is 9.22. The number of carboxylic acid groups (broad SMARTS) is 1. The first-order chi connectivity index (χ1) is 26.9. The normalized spacial score (nSPS) is 16.0. The van der Waals surface area contributed by atoms with Crippen molar-refractivity contribution in [2.45, 2.75) is 46.1 Å². The van der Waals surface area contributed by atoms with Gasteiger partial charge in [-0.1, -0.05) is 84.9 Å². The second-order valence-corrected chi connectivity index (χ2v) is 15.0. The number of allylic oxidation sites excluding steroid dienone is 2. The third-order valence-corrected chi connectivity index (χ3v) is 11.5. The van der Waals surface area contributed by atoms with Crippen LogP contribution < -0.4 is 5.32 Å². The Bertz CT molecular complexity index is 2710. The van der Waals surface area contributed by atoms with Crippen molar-refractivity contribution in [1.82, 2.24) is 14.8 Å². The van der Waals surface area contributed by atoms with Gasteiger partial charge >= 0.3 is 19.0 Å². The Hall–Kier alpha value is -6.49. The average Bonchev–Trinajstić information content (AvgIpc) is 3.89. The number of rotatable bonds is 8. The zero-order chi connectivity index (χ0) is 39.0. The molecule has 0 bridgehead atoms. The third-order valence-electron chi connectivity index (χ3n) is 11.5. The molecule has 3 aliphatic rings. The lowest BCUT2D eigenvalue weighted by atomic mass is 9.83. The van der Waals surface area contributed by atoms with Crippen LogP contribution in [0.3, 0.4) is 0 Å². The first kappa shape index (κ1) is 35.2. The second kappa shape index (κ2) is 13.1. The molecule has 56 heavy (non-hydrogen) atoms. The summed E-state index contributed by atoms with van der Waals surface area (Å²) < 4.78 is 40.8. The van der Waals surface area contributed by atoms with Crippen LogP contribution in [0.15, 0.2) is 120 Å². The predicted molar refractivity (Wildman–Crippen MR) is 215 cm³/mol. The van der Waals surface area contributed by atoms with Gasteiger partial charge in [0.2, 0.25) is 0 Å². The molecule has 4 aromatic carbocycles. The molecule has 1 aliphatic carbocycles. The minimum atomic E-state index is -4.13. The Kier molecular flexibility index (Phi) is 8.23. The van der Waals surface area contributed by atoms with E-state index in [1.165, 1.54) is 8.96 Å². The summed E-state index contributed by atoms with van der Waals surface area (Å²) in [6.45, 7) is 3.06. The lowest BCUT2D eigenvalue weighted by molar-refractivity contribution is -0.363. The van der Waals surface area contributed by atoms with Crippen LogP contribution in [0.5, 0.6) is 0 Å². The summed E-state index contributed by atoms with van der Waals surface area (Å²) in [5, 5.41) is 13.9. The van der Waals surface area contributed by atoms with Gasteiger partial charge in [0.15, 0.2) is 5.70 Å². The van der Waals surface area contributed by atoms with Crippen molar-refractivity contribution in [3.8, 4) is 22.4 Å². The van der Waals surface area contributed by atoms with Crippen molar-refractivity contribution in [2.75, 3.05) is 6.61 Å². The molecule has 8 nitrogen and oxygen atoms in total. The van der Waals surface area contributed by atoms with Crippen LogP contribution in [0, 0.1) is 13.8 Å². The monoisotopic (exact) mass is 748 g/mol. The summed E-state index contributed by atoms with van der Waals surface area (Å²) in [4.78, 5) is 29.6. The molecule has 0 fully saturated rings. The number of nitrogens with one attached hydrogen (secondary N) is 2. The van der Waals surface area contributed by atoms with E-state index in [1.54, 1.807) is 26.0 Å². The summed E-state index contributed by atoms with van der Waals surface area (Å²) >= 11 is 0. The number of benzene rings is 4. The maximum Gasteiger partial charge on any atom is 0.737 e. The Morgan fingerprint density at radius 2 is 1.55 bits per heavy atom. The number of amides is 1. The number of aromatic amines is 1. The van der Waals surface area contributed by atoms with Gasteiger partial charge in [0, 0.05) is 53.2 Å². The van der Waals surface area contributed by atoms with Crippen molar-refractivity contribution in [3.05, 3.63) is 160 Å². The highest BCUT2D eigenvalue weighted by molar-refractivity contribution is 6.58. The Morgan fingerprint density at radius 1 is 0.893 bits per heavy atom. The number of nitrogens with zero attached hydrogens (tertiary/aromatic N) is 2. The first-order valence-corrected chi connectivity index (χ1v) is 18.8. The van der Waals surface area contributed by atoms with Crippen molar-refractivity contribution in [3.63, 3.8) is 0 Å². The molecule has 0 saturated heterocycles. The van der Waals surface area contributed by atoms with Gasteiger partial charge in [-0.05, 0) is 89.2 Å². The minimum absolute atomic E-state index is 0.0449. The molecule has 0 unspecified atom stereocenters. The molecule has 11 heteroatoms. The number of alkyl carbamates (subject to hydrolysis) is 1. The van der Waals surface area contributed by atoms with Gasteiger partial charge in [0.1, 0.15) is 18.4 Å². The van der Waals surface area contributed by atoms with Crippen LogP contribution in [0.4, 0.5) is 13.4 Å². The molecule has 6 aromatic rings. The van der Waals surface area contributed by atoms with Gasteiger partial charge < -0.3 is 37.7 Å². The molecular weight excluding hydrogens is 709 g/mol. The zero-order valence-electron chi connectivity index (χ0n) is 31.4. The van der Waals surface area contributed by atoms with Gasteiger partial charge in [-0.25, -0.2) is 9.59 Å². The molecule has 4 heterocycles. The van der Waals surface area contributed by atoms with E-state index in [0.29, 0.717) is 39.6 Å². The molecule has 2 aromatic heterocycles. The van der Waals surface area contributed by atoms with Gasteiger partial charge in [-0.2, -0.15) is 0 Å². The van der Waals surface area contributed by atoms with E-state index in [-0.39, 0.29) is 18.9 Å². The topological polar surface area (TPSA) is 99.4 Å². The number of fused-ring (bicyclic) bond motifs is 6. The highest BCUT2D eigenvalue weighted by atomic mass is 19.2. The fourth-order valence-electron chi connectivity index (χ4n) is 9.25. The maximum atomic E-state index is 16.3. The Labute approximate surface area is 322 Å². The minimum Gasteiger partial charge on any atom is -0.480 e. The van der Waals surface area contributed by atoms with Crippen LogP contribution in [0.25, 0.3) is 38.9 Å². The number of hydrogen-bond donors (Lipinski definition) is 3. The smallest absolute Gasteiger partial charge is 0.480 e. The number of aromatic nitrogens is 2. The lowest BCUT2D eigenvalue weighted by Gasteiger charge is -2.34. The van der Waals surface area contributed by atoms with E-state index in [0.717, 1.165) is 55.4 Å². The summed E-state index contributed by atoms with van der Waals surface area (Å²) in [6, 6.07) is 31.8. The van der Waals surface area contributed by atoms with E-state index in [2.05, 4.69) is 22.4 Å². The highest BCUT2D eigenvalue weighted by Crippen LogP contribution is 2.46. The molecule has 9 rings (SSSR count). The number of ether oxygens (including phenoxy) is 1. The highest BCUT2D eigenvalue weighted by Gasteiger charge is 2.55. The van der Waals surface area contributed by atoms with Gasteiger partial charge in [-0.15, -0.1) is 0 Å². The van der Waals surface area contributed by atoms with E-state index in [1.807, 2.05) is 98.8 Å². The maximum absolute atomic E-state index is 16.3. The fourth-order valence-corrected chi connectivity index (χ4v) is 9.25. The number of halogens is 2. The summed E-state index contributed by atoms with van der Waals surface area (Å²) in [7, 11) is 0. The molecule has 1 atom stereocenters. The quantitative estimate of drug-likeness (QED) is 0.135. The summed E-state index contributed by atoms with van der Waals surface area (Å²) in [6.07, 6.45) is 0.936. The number of aryl methyl sites for hydroxylation is 2. The largest absolute Gasteiger partial charge is 0.737 e. The van der Waals surface area contributed by atoms with Crippen LogP contribution in [-0.4, -0.2) is 56.4 Å². The standard InChI is InChI=1S/C45H39BF2N4O4/c1-25-20-27(3)51-42(25)40(43-26(2)21-28(4)52(43)46(51,47)48)29-12-11-13-30(22-29)41-36(35-18-9-10-19-38(35)49-41)23-39(44(53)54)50-45(55)56-24-37-33-16-7-5-14-31(33)32-15-6-8-17-34(32)37/h5-22,37,39,49H,23-24H2,1-4H3,(H,50,55)(H,53,54)/t39-/m0/s1. The molecule has 0 radical (unpaired) electrons. The van der Waals surface area contributed by atoms with Crippen molar-refractivity contribution < 1.29 is 32.6 Å². The van der Waals surface area contributed by atoms with Gasteiger partial charge in [0.25, 0.3) is 0 Å². The Balaban J connectivity index is 1.05. The lowest BCUT2D eigenvalue weighted by Crippen LogP contribution is -2.51. The summed E-state index contributed by atoms with van der Waals surface area (Å²) in [5.41, 5.74) is 12.1. The zero-order valence-corrected chi connectivity index (χ0v) is 31.4. The number of para-hydroxylation sites is 1. The number of carboxylic acids is 1.